The summed E-state index contributed by atoms with van der Waals surface area (Å²) >= 11 is 0. The zero-order valence-corrected chi connectivity index (χ0v) is 9.84. The summed E-state index contributed by atoms with van der Waals surface area (Å²) < 4.78 is 9.82. The lowest BCUT2D eigenvalue weighted by Crippen LogP contribution is -2.21. The molecular formula is C12H13NO5. The van der Waals surface area contributed by atoms with Gasteiger partial charge in [0.25, 0.3) is 5.91 Å². The van der Waals surface area contributed by atoms with E-state index in [0.717, 1.165) is 0 Å². The van der Waals surface area contributed by atoms with Crippen LogP contribution in [0.3, 0.4) is 0 Å². The number of ketones is 1. The molecule has 0 fully saturated rings. The third kappa shape index (κ3) is 4.25. The minimum atomic E-state index is -0.690. The van der Waals surface area contributed by atoms with Gasteiger partial charge in [-0.2, -0.15) is 0 Å². The van der Waals surface area contributed by atoms with Gasteiger partial charge in [0.15, 0.2) is 12.4 Å². The molecule has 0 radical (unpaired) electrons. The van der Waals surface area contributed by atoms with Crippen LogP contribution in [0.15, 0.2) is 24.3 Å². The van der Waals surface area contributed by atoms with E-state index in [9.17, 15) is 14.4 Å². The highest BCUT2D eigenvalue weighted by atomic mass is 16.5. The van der Waals surface area contributed by atoms with E-state index >= 15 is 0 Å². The van der Waals surface area contributed by atoms with Gasteiger partial charge in [0, 0.05) is 0 Å². The molecule has 1 amide bonds. The first-order chi connectivity index (χ1) is 8.50. The van der Waals surface area contributed by atoms with E-state index in [2.05, 4.69) is 0 Å². The fourth-order valence-corrected chi connectivity index (χ4v) is 1.15. The molecule has 0 atom stereocenters. The van der Waals surface area contributed by atoms with Gasteiger partial charge < -0.3 is 15.2 Å². The normalized spacial score (nSPS) is 9.61. The standard InChI is InChI=1S/C12H13NO5/c1-8(14)6-18-12(16)9-4-2-3-5-10(9)17-7-11(13)15/h2-5H,6-7H2,1H3,(H2,13,15). The molecule has 96 valence electrons. The predicted octanol–water partition coefficient (Wildman–Crippen LogP) is 0.297. The van der Waals surface area contributed by atoms with Crippen molar-refractivity contribution in [3.63, 3.8) is 0 Å². The third-order valence-corrected chi connectivity index (χ3v) is 1.88. The molecule has 1 aromatic rings. The topological polar surface area (TPSA) is 95.7 Å². The number of hydrogen-bond donors (Lipinski definition) is 1. The lowest BCUT2D eigenvalue weighted by molar-refractivity contribution is -0.120. The first-order valence-corrected chi connectivity index (χ1v) is 5.17. The number of carbonyl (C=O) groups excluding carboxylic acids is 3. The quantitative estimate of drug-likeness (QED) is 0.733. The third-order valence-electron chi connectivity index (χ3n) is 1.88. The van der Waals surface area contributed by atoms with Gasteiger partial charge in [-0.25, -0.2) is 4.79 Å². The number of hydrogen-bond acceptors (Lipinski definition) is 5. The molecule has 6 heteroatoms. The summed E-state index contributed by atoms with van der Waals surface area (Å²) in [5.41, 5.74) is 5.08. The highest BCUT2D eigenvalue weighted by Crippen LogP contribution is 2.18. The van der Waals surface area contributed by atoms with Crippen molar-refractivity contribution in [3.8, 4) is 5.75 Å². The van der Waals surface area contributed by atoms with Crippen LogP contribution in [0.1, 0.15) is 17.3 Å². The number of Topliss-reactive ketones (excluding diaryl/α,β-unsaturated/α-hetero) is 1. The largest absolute Gasteiger partial charge is 0.483 e. The first kappa shape index (κ1) is 13.7. The lowest BCUT2D eigenvalue weighted by atomic mass is 10.2. The molecule has 2 N–H and O–H groups in total. The van der Waals surface area contributed by atoms with E-state index in [4.69, 9.17) is 15.2 Å². The van der Waals surface area contributed by atoms with Crippen molar-refractivity contribution < 1.29 is 23.9 Å². The van der Waals surface area contributed by atoms with Crippen LogP contribution in [0, 0.1) is 0 Å². The monoisotopic (exact) mass is 251 g/mol. The van der Waals surface area contributed by atoms with Gasteiger partial charge >= 0.3 is 5.97 Å². The van der Waals surface area contributed by atoms with Crippen LogP contribution in [0.25, 0.3) is 0 Å². The summed E-state index contributed by atoms with van der Waals surface area (Å²) in [6.45, 7) is 0.669. The number of benzene rings is 1. The number of para-hydroxylation sites is 1. The molecule has 0 aliphatic rings. The predicted molar refractivity (Wildman–Crippen MR) is 62.1 cm³/mol. The summed E-state index contributed by atoms with van der Waals surface area (Å²) in [7, 11) is 0. The van der Waals surface area contributed by atoms with Crippen molar-refractivity contribution in [2.75, 3.05) is 13.2 Å². The Labute approximate surface area is 104 Å². The van der Waals surface area contributed by atoms with Crippen LogP contribution in [0.4, 0.5) is 0 Å². The molecule has 0 saturated carbocycles. The van der Waals surface area contributed by atoms with Gasteiger partial charge in [-0.1, -0.05) is 12.1 Å². The Morgan fingerprint density at radius 3 is 2.44 bits per heavy atom. The van der Waals surface area contributed by atoms with Gasteiger partial charge in [-0.05, 0) is 19.1 Å². The summed E-state index contributed by atoms with van der Waals surface area (Å²) in [6, 6.07) is 6.23. The number of ether oxygens (including phenoxy) is 2. The number of esters is 1. The molecule has 0 aromatic heterocycles. The number of nitrogens with two attached hydrogens (primary N) is 1. The molecule has 6 nitrogen and oxygen atoms in total. The average molecular weight is 251 g/mol. The zero-order valence-electron chi connectivity index (χ0n) is 9.84. The van der Waals surface area contributed by atoms with E-state index in [1.54, 1.807) is 12.1 Å². The van der Waals surface area contributed by atoms with Gasteiger partial charge in [0.2, 0.25) is 0 Å². The molecular weight excluding hydrogens is 238 g/mol. The molecule has 0 saturated heterocycles. The zero-order chi connectivity index (χ0) is 13.5. The van der Waals surface area contributed by atoms with Crippen LogP contribution in [-0.4, -0.2) is 30.9 Å². The maximum atomic E-state index is 11.6. The van der Waals surface area contributed by atoms with Gasteiger partial charge in [-0.15, -0.1) is 0 Å². The van der Waals surface area contributed by atoms with Crippen molar-refractivity contribution in [1.82, 2.24) is 0 Å². The number of amides is 1. The Hall–Kier alpha value is -2.37. The van der Waals surface area contributed by atoms with Gasteiger partial charge in [0.1, 0.15) is 17.9 Å². The Morgan fingerprint density at radius 2 is 1.83 bits per heavy atom. The Kier molecular flexibility index (Phi) is 4.86. The molecule has 0 heterocycles. The van der Waals surface area contributed by atoms with E-state index < -0.39 is 11.9 Å². The van der Waals surface area contributed by atoms with Crippen molar-refractivity contribution in [2.45, 2.75) is 6.92 Å². The molecule has 0 aliphatic carbocycles. The van der Waals surface area contributed by atoms with E-state index in [1.165, 1.54) is 19.1 Å². The maximum Gasteiger partial charge on any atom is 0.342 e. The van der Waals surface area contributed by atoms with Crippen LogP contribution in [0.5, 0.6) is 5.75 Å². The highest BCUT2D eigenvalue weighted by Gasteiger charge is 2.14. The van der Waals surface area contributed by atoms with Crippen LogP contribution in [-0.2, 0) is 14.3 Å². The van der Waals surface area contributed by atoms with Crippen molar-refractivity contribution in [2.24, 2.45) is 5.73 Å². The van der Waals surface area contributed by atoms with E-state index in [-0.39, 0.29) is 30.3 Å². The fraction of sp³-hybridized carbons (Fsp3) is 0.250. The van der Waals surface area contributed by atoms with E-state index in [0.29, 0.717) is 0 Å². The summed E-state index contributed by atoms with van der Waals surface area (Å²) in [6.07, 6.45) is 0. The molecule has 0 aliphatic heterocycles. The van der Waals surface area contributed by atoms with Crippen LogP contribution >= 0.6 is 0 Å². The van der Waals surface area contributed by atoms with Crippen molar-refractivity contribution in [1.29, 1.82) is 0 Å². The summed E-state index contributed by atoms with van der Waals surface area (Å²) in [5.74, 6) is -1.42. The molecule has 1 aromatic carbocycles. The van der Waals surface area contributed by atoms with Crippen molar-refractivity contribution in [3.05, 3.63) is 29.8 Å². The molecule has 18 heavy (non-hydrogen) atoms. The summed E-state index contributed by atoms with van der Waals surface area (Å²) in [5, 5.41) is 0. The minimum Gasteiger partial charge on any atom is -0.483 e. The smallest absolute Gasteiger partial charge is 0.342 e. The number of primary amides is 1. The molecule has 0 bridgehead atoms. The van der Waals surface area contributed by atoms with Gasteiger partial charge in [0.05, 0.1) is 0 Å². The minimum absolute atomic E-state index is 0.139. The maximum absolute atomic E-state index is 11.6. The second kappa shape index (κ2) is 6.39. The Balaban J connectivity index is 2.77. The van der Waals surface area contributed by atoms with Crippen LogP contribution in [0.2, 0.25) is 0 Å². The molecule has 0 unspecified atom stereocenters. The first-order valence-electron chi connectivity index (χ1n) is 5.17. The molecule has 1 rings (SSSR count). The highest BCUT2D eigenvalue weighted by molar-refractivity contribution is 5.94. The second-order valence-corrected chi connectivity index (χ2v) is 3.53. The second-order valence-electron chi connectivity index (χ2n) is 3.53. The van der Waals surface area contributed by atoms with Gasteiger partial charge in [-0.3, -0.25) is 9.59 Å². The van der Waals surface area contributed by atoms with E-state index in [1.807, 2.05) is 0 Å². The summed E-state index contributed by atoms with van der Waals surface area (Å²) in [4.78, 5) is 33.0. The fourth-order valence-electron chi connectivity index (χ4n) is 1.15. The van der Waals surface area contributed by atoms with Crippen molar-refractivity contribution >= 4 is 17.7 Å². The Bertz CT molecular complexity index is 469. The SMILES string of the molecule is CC(=O)COC(=O)c1ccccc1OCC(N)=O. The Morgan fingerprint density at radius 1 is 1.17 bits per heavy atom. The average Bonchev–Trinajstić information content (AvgIpc) is 2.33. The number of rotatable bonds is 6. The van der Waals surface area contributed by atoms with Crippen LogP contribution < -0.4 is 10.5 Å². The number of carbonyl (C=O) groups is 3. The molecule has 0 spiro atoms. The lowest BCUT2D eigenvalue weighted by Gasteiger charge is -2.09.